The van der Waals surface area contributed by atoms with Crippen molar-refractivity contribution in [3.63, 3.8) is 0 Å². The molecular formula is C16H22N2O4. The molecule has 0 aromatic carbocycles. The van der Waals surface area contributed by atoms with Crippen LogP contribution in [0, 0.1) is 0 Å². The van der Waals surface area contributed by atoms with Gasteiger partial charge in [0, 0.05) is 44.2 Å². The van der Waals surface area contributed by atoms with Crippen LogP contribution in [0.25, 0.3) is 0 Å². The lowest BCUT2D eigenvalue weighted by atomic mass is 10.1. The zero-order valence-electron chi connectivity index (χ0n) is 12.6. The Morgan fingerprint density at radius 3 is 2.91 bits per heavy atom. The summed E-state index contributed by atoms with van der Waals surface area (Å²) < 4.78 is 16.5. The number of amides is 1. The van der Waals surface area contributed by atoms with Gasteiger partial charge >= 0.3 is 0 Å². The number of rotatable bonds is 3. The second-order valence-electron chi connectivity index (χ2n) is 6.29. The molecule has 0 radical (unpaired) electrons. The number of ether oxygens (including phenoxy) is 2. The zero-order valence-corrected chi connectivity index (χ0v) is 12.6. The Bertz CT molecular complexity index is 512. The largest absolute Gasteiger partial charge is 0.472 e. The van der Waals surface area contributed by atoms with Gasteiger partial charge < -0.3 is 18.8 Å². The summed E-state index contributed by atoms with van der Waals surface area (Å²) in [4.78, 5) is 16.9. The summed E-state index contributed by atoms with van der Waals surface area (Å²) in [6.45, 7) is 4.55. The first-order valence-electron chi connectivity index (χ1n) is 8.08. The molecule has 1 aromatic rings. The fourth-order valence-corrected chi connectivity index (χ4v) is 3.79. The number of fused-ring (bicyclic) bond motifs is 1. The maximum absolute atomic E-state index is 12.6. The van der Waals surface area contributed by atoms with E-state index in [1.165, 1.54) is 5.56 Å². The topological polar surface area (TPSA) is 55.2 Å². The first-order chi connectivity index (χ1) is 10.8. The highest BCUT2D eigenvalue weighted by atomic mass is 16.5. The second kappa shape index (κ2) is 6.02. The van der Waals surface area contributed by atoms with Gasteiger partial charge in [-0.2, -0.15) is 0 Å². The van der Waals surface area contributed by atoms with Crippen LogP contribution in [0.4, 0.5) is 0 Å². The molecule has 6 heteroatoms. The zero-order chi connectivity index (χ0) is 14.9. The van der Waals surface area contributed by atoms with E-state index >= 15 is 0 Å². The van der Waals surface area contributed by atoms with Gasteiger partial charge in [-0.25, -0.2) is 0 Å². The molecule has 4 rings (SSSR count). The highest BCUT2D eigenvalue weighted by Crippen LogP contribution is 2.34. The van der Waals surface area contributed by atoms with Gasteiger partial charge in [0.05, 0.1) is 31.8 Å². The SMILES string of the molecule is O=C([C@@H]1C[C@H]2[C@H](CCN2Cc2ccoc2)O1)N1CCOCC1. The predicted octanol–water partition coefficient (Wildman–Crippen LogP) is 0.870. The van der Waals surface area contributed by atoms with Gasteiger partial charge in [-0.3, -0.25) is 9.69 Å². The molecule has 120 valence electrons. The molecule has 0 aliphatic carbocycles. The van der Waals surface area contributed by atoms with Crippen molar-refractivity contribution < 1.29 is 18.7 Å². The number of hydrogen-bond donors (Lipinski definition) is 0. The van der Waals surface area contributed by atoms with E-state index in [0.717, 1.165) is 25.9 Å². The lowest BCUT2D eigenvalue weighted by Gasteiger charge is -2.29. The summed E-state index contributed by atoms with van der Waals surface area (Å²) in [6.07, 6.45) is 5.23. The van der Waals surface area contributed by atoms with Gasteiger partial charge in [-0.15, -0.1) is 0 Å². The number of carbonyl (C=O) groups excluding carboxylic acids is 1. The first-order valence-corrected chi connectivity index (χ1v) is 8.08. The molecule has 0 unspecified atom stereocenters. The van der Waals surface area contributed by atoms with Crippen molar-refractivity contribution in [3.05, 3.63) is 24.2 Å². The number of hydrogen-bond acceptors (Lipinski definition) is 5. The monoisotopic (exact) mass is 306 g/mol. The summed E-state index contributed by atoms with van der Waals surface area (Å²) in [7, 11) is 0. The third-order valence-corrected chi connectivity index (χ3v) is 4.96. The number of likely N-dealkylation sites (tertiary alicyclic amines) is 1. The average Bonchev–Trinajstić information content (AvgIpc) is 3.26. The maximum Gasteiger partial charge on any atom is 0.251 e. The van der Waals surface area contributed by atoms with Gasteiger partial charge in [-0.1, -0.05) is 0 Å². The second-order valence-corrected chi connectivity index (χ2v) is 6.29. The van der Waals surface area contributed by atoms with E-state index < -0.39 is 0 Å². The predicted molar refractivity (Wildman–Crippen MR) is 78.2 cm³/mol. The number of furan rings is 1. The molecule has 3 aliphatic heterocycles. The molecule has 4 heterocycles. The van der Waals surface area contributed by atoms with Crippen LogP contribution in [-0.2, 0) is 20.8 Å². The Hall–Kier alpha value is -1.37. The summed E-state index contributed by atoms with van der Waals surface area (Å²) in [5, 5.41) is 0. The van der Waals surface area contributed by atoms with E-state index in [0.29, 0.717) is 32.3 Å². The number of carbonyl (C=O) groups is 1. The normalized spacial score (nSPS) is 32.4. The fraction of sp³-hybridized carbons (Fsp3) is 0.688. The van der Waals surface area contributed by atoms with Gasteiger partial charge in [0.25, 0.3) is 5.91 Å². The standard InChI is InChI=1S/C16H22N2O4/c19-16(17-4-7-20-8-5-17)15-9-13-14(22-15)1-3-18(13)10-12-2-6-21-11-12/h2,6,11,13-15H,1,3-5,7-10H2/t13-,14-,15-/m0/s1. The van der Waals surface area contributed by atoms with Crippen LogP contribution in [0.15, 0.2) is 23.0 Å². The molecule has 3 aliphatic rings. The Kier molecular flexibility index (Phi) is 3.90. The third kappa shape index (κ3) is 2.66. The van der Waals surface area contributed by atoms with Crippen LogP contribution in [0.3, 0.4) is 0 Å². The molecule has 0 N–H and O–H groups in total. The molecule has 0 spiro atoms. The van der Waals surface area contributed by atoms with E-state index in [1.54, 1.807) is 12.5 Å². The third-order valence-electron chi connectivity index (χ3n) is 4.96. The van der Waals surface area contributed by atoms with Crippen molar-refractivity contribution in [2.24, 2.45) is 0 Å². The van der Waals surface area contributed by atoms with Crippen LogP contribution >= 0.6 is 0 Å². The van der Waals surface area contributed by atoms with E-state index in [4.69, 9.17) is 13.9 Å². The van der Waals surface area contributed by atoms with Crippen LogP contribution in [0.5, 0.6) is 0 Å². The summed E-state index contributed by atoms with van der Waals surface area (Å²) >= 11 is 0. The quantitative estimate of drug-likeness (QED) is 0.829. The van der Waals surface area contributed by atoms with Crippen molar-refractivity contribution >= 4 is 5.91 Å². The van der Waals surface area contributed by atoms with Crippen LogP contribution in [0.2, 0.25) is 0 Å². The van der Waals surface area contributed by atoms with Crippen molar-refractivity contribution in [2.45, 2.75) is 37.6 Å². The summed E-state index contributed by atoms with van der Waals surface area (Å²) in [5.74, 6) is 0.140. The number of nitrogens with zero attached hydrogens (tertiary/aromatic N) is 2. The number of morpholine rings is 1. The molecule has 3 fully saturated rings. The van der Waals surface area contributed by atoms with Crippen LogP contribution in [-0.4, -0.2) is 66.8 Å². The Labute approximate surface area is 129 Å². The van der Waals surface area contributed by atoms with Crippen molar-refractivity contribution in [1.29, 1.82) is 0 Å². The molecular weight excluding hydrogens is 284 g/mol. The minimum atomic E-state index is -0.278. The molecule has 3 atom stereocenters. The van der Waals surface area contributed by atoms with Gasteiger partial charge in [0.2, 0.25) is 0 Å². The molecule has 1 amide bonds. The highest BCUT2D eigenvalue weighted by molar-refractivity contribution is 5.81. The van der Waals surface area contributed by atoms with Crippen LogP contribution in [0.1, 0.15) is 18.4 Å². The average molecular weight is 306 g/mol. The van der Waals surface area contributed by atoms with Gasteiger partial charge in [0.15, 0.2) is 0 Å². The van der Waals surface area contributed by atoms with E-state index in [9.17, 15) is 4.79 Å². The maximum atomic E-state index is 12.6. The minimum Gasteiger partial charge on any atom is -0.472 e. The molecule has 0 bridgehead atoms. The summed E-state index contributed by atoms with van der Waals surface area (Å²) in [6, 6.07) is 2.35. The first kappa shape index (κ1) is 14.2. The van der Waals surface area contributed by atoms with Crippen molar-refractivity contribution in [2.75, 3.05) is 32.8 Å². The van der Waals surface area contributed by atoms with E-state index in [-0.39, 0.29) is 18.1 Å². The smallest absolute Gasteiger partial charge is 0.251 e. The fourth-order valence-electron chi connectivity index (χ4n) is 3.79. The minimum absolute atomic E-state index is 0.140. The summed E-state index contributed by atoms with van der Waals surface area (Å²) in [5.41, 5.74) is 1.18. The lowest BCUT2D eigenvalue weighted by Crippen LogP contribution is -2.46. The molecule has 1 aromatic heterocycles. The molecule has 3 saturated heterocycles. The Morgan fingerprint density at radius 1 is 1.27 bits per heavy atom. The van der Waals surface area contributed by atoms with Gasteiger partial charge in [-0.05, 0) is 12.5 Å². The Balaban J connectivity index is 1.38. The van der Waals surface area contributed by atoms with Crippen molar-refractivity contribution in [1.82, 2.24) is 9.80 Å². The van der Waals surface area contributed by atoms with E-state index in [1.807, 2.05) is 11.0 Å². The molecule has 22 heavy (non-hydrogen) atoms. The van der Waals surface area contributed by atoms with E-state index in [2.05, 4.69) is 4.90 Å². The molecule has 0 saturated carbocycles. The van der Waals surface area contributed by atoms with Crippen molar-refractivity contribution in [3.8, 4) is 0 Å². The van der Waals surface area contributed by atoms with Gasteiger partial charge in [0.1, 0.15) is 6.10 Å². The highest BCUT2D eigenvalue weighted by Gasteiger charge is 2.46. The van der Waals surface area contributed by atoms with Crippen LogP contribution < -0.4 is 0 Å². The lowest BCUT2D eigenvalue weighted by molar-refractivity contribution is -0.146. The molecule has 6 nitrogen and oxygen atoms in total. The Morgan fingerprint density at radius 2 is 2.14 bits per heavy atom.